The van der Waals surface area contributed by atoms with E-state index in [2.05, 4.69) is 9.97 Å². The molecule has 2 heterocycles. The van der Waals surface area contributed by atoms with E-state index in [9.17, 15) is 8.42 Å². The van der Waals surface area contributed by atoms with Crippen LogP contribution in [-0.2, 0) is 16.4 Å². The highest BCUT2D eigenvalue weighted by Crippen LogP contribution is 2.23. The van der Waals surface area contributed by atoms with E-state index in [-0.39, 0.29) is 12.1 Å². The van der Waals surface area contributed by atoms with E-state index in [0.717, 1.165) is 12.0 Å². The van der Waals surface area contributed by atoms with Crippen molar-refractivity contribution in [3.05, 3.63) is 42.1 Å². The fourth-order valence-electron chi connectivity index (χ4n) is 2.90. The molecule has 0 unspecified atom stereocenters. The summed E-state index contributed by atoms with van der Waals surface area (Å²) < 4.78 is 37.9. The Kier molecular flexibility index (Phi) is 5.73. The first-order valence-corrected chi connectivity index (χ1v) is 10.1. The third-order valence-corrected chi connectivity index (χ3v) is 6.36. The van der Waals surface area contributed by atoms with E-state index in [1.807, 2.05) is 19.1 Å². The number of nitrogens with zero attached hydrogens (tertiary/aromatic N) is 3. The zero-order valence-corrected chi connectivity index (χ0v) is 15.8. The van der Waals surface area contributed by atoms with Gasteiger partial charge in [0.1, 0.15) is 6.10 Å². The number of hydrogen-bond donors (Lipinski definition) is 0. The summed E-state index contributed by atoms with van der Waals surface area (Å²) in [6.07, 6.45) is 3.60. The number of rotatable bonds is 6. The Balaban J connectivity index is 1.61. The molecule has 0 amide bonds. The maximum absolute atomic E-state index is 12.8. The van der Waals surface area contributed by atoms with Crippen molar-refractivity contribution in [3.8, 4) is 11.9 Å². The average molecular weight is 377 g/mol. The van der Waals surface area contributed by atoms with Gasteiger partial charge in [0, 0.05) is 25.4 Å². The number of ether oxygens (including phenoxy) is 2. The van der Waals surface area contributed by atoms with Crippen molar-refractivity contribution >= 4 is 10.0 Å². The molecule has 1 fully saturated rings. The molecule has 0 bridgehead atoms. The van der Waals surface area contributed by atoms with E-state index in [4.69, 9.17) is 9.47 Å². The Hall–Kier alpha value is -2.19. The van der Waals surface area contributed by atoms with E-state index in [1.54, 1.807) is 24.4 Å². The lowest BCUT2D eigenvalue weighted by Crippen LogP contribution is -2.41. The molecule has 1 saturated heterocycles. The molecule has 0 atom stereocenters. The number of aromatic nitrogens is 2. The van der Waals surface area contributed by atoms with Gasteiger partial charge in [0.2, 0.25) is 15.9 Å². The molecule has 0 saturated carbocycles. The lowest BCUT2D eigenvalue weighted by atomic mass is 10.1. The first-order chi connectivity index (χ1) is 12.5. The van der Waals surface area contributed by atoms with Crippen LogP contribution < -0.4 is 9.47 Å². The number of piperidine rings is 1. The van der Waals surface area contributed by atoms with Crippen LogP contribution in [0.1, 0.15) is 25.3 Å². The standard InChI is InChI=1S/C18H23N3O4S/c1-3-14-4-6-16(7-5-14)26(22,23)21-12-9-15(10-13-21)25-17-8-11-19-18(20-17)24-2/h4-8,11,15H,3,9-10,12-13H2,1-2H3. The summed E-state index contributed by atoms with van der Waals surface area (Å²) in [7, 11) is -1.97. The molecular weight excluding hydrogens is 354 g/mol. The van der Waals surface area contributed by atoms with Crippen molar-refractivity contribution in [1.82, 2.24) is 14.3 Å². The molecule has 0 spiro atoms. The fourth-order valence-corrected chi connectivity index (χ4v) is 4.37. The van der Waals surface area contributed by atoms with Crippen LogP contribution in [0.4, 0.5) is 0 Å². The van der Waals surface area contributed by atoms with Crippen LogP contribution in [0.3, 0.4) is 0 Å². The van der Waals surface area contributed by atoms with Crippen molar-refractivity contribution in [2.75, 3.05) is 20.2 Å². The van der Waals surface area contributed by atoms with E-state index in [1.165, 1.54) is 11.4 Å². The van der Waals surface area contributed by atoms with Gasteiger partial charge >= 0.3 is 6.01 Å². The number of aryl methyl sites for hydroxylation is 1. The lowest BCUT2D eigenvalue weighted by Gasteiger charge is -2.31. The van der Waals surface area contributed by atoms with Crippen LogP contribution in [0, 0.1) is 0 Å². The number of hydrogen-bond acceptors (Lipinski definition) is 6. The molecule has 26 heavy (non-hydrogen) atoms. The Morgan fingerprint density at radius 1 is 1.15 bits per heavy atom. The molecule has 2 aromatic rings. The number of methoxy groups -OCH3 is 1. The second kappa shape index (κ2) is 8.01. The summed E-state index contributed by atoms with van der Waals surface area (Å²) in [4.78, 5) is 8.41. The van der Waals surface area contributed by atoms with E-state index < -0.39 is 10.0 Å². The molecule has 1 aliphatic heterocycles. The molecule has 0 radical (unpaired) electrons. The summed E-state index contributed by atoms with van der Waals surface area (Å²) >= 11 is 0. The van der Waals surface area contributed by atoms with Crippen LogP contribution >= 0.6 is 0 Å². The first-order valence-electron chi connectivity index (χ1n) is 8.65. The predicted octanol–water partition coefficient (Wildman–Crippen LogP) is 2.28. The summed E-state index contributed by atoms with van der Waals surface area (Å²) in [6, 6.07) is 9.02. The van der Waals surface area contributed by atoms with Crippen LogP contribution in [0.5, 0.6) is 11.9 Å². The Labute approximate surface area is 154 Å². The molecular formula is C18H23N3O4S. The maximum Gasteiger partial charge on any atom is 0.319 e. The molecule has 0 N–H and O–H groups in total. The van der Waals surface area contributed by atoms with Crippen molar-refractivity contribution in [3.63, 3.8) is 0 Å². The van der Waals surface area contributed by atoms with Crippen molar-refractivity contribution in [2.45, 2.75) is 37.2 Å². The van der Waals surface area contributed by atoms with Crippen LogP contribution in [-0.4, -0.2) is 49.0 Å². The highest BCUT2D eigenvalue weighted by atomic mass is 32.2. The highest BCUT2D eigenvalue weighted by Gasteiger charge is 2.30. The second-order valence-corrected chi connectivity index (χ2v) is 8.04. The normalized spacial score (nSPS) is 16.4. The van der Waals surface area contributed by atoms with Gasteiger partial charge in [-0.1, -0.05) is 19.1 Å². The van der Waals surface area contributed by atoms with Gasteiger partial charge in [0.05, 0.1) is 12.0 Å². The minimum Gasteiger partial charge on any atom is -0.474 e. The topological polar surface area (TPSA) is 81.6 Å². The zero-order chi connectivity index (χ0) is 18.6. The van der Waals surface area contributed by atoms with Crippen LogP contribution in [0.15, 0.2) is 41.4 Å². The minimum atomic E-state index is -3.46. The van der Waals surface area contributed by atoms with Gasteiger partial charge in [-0.05, 0) is 37.0 Å². The average Bonchev–Trinajstić information content (AvgIpc) is 2.68. The highest BCUT2D eigenvalue weighted by molar-refractivity contribution is 7.89. The molecule has 1 aromatic heterocycles. The zero-order valence-electron chi connectivity index (χ0n) is 15.0. The van der Waals surface area contributed by atoms with Gasteiger partial charge in [-0.3, -0.25) is 0 Å². The van der Waals surface area contributed by atoms with Crippen molar-refractivity contribution < 1.29 is 17.9 Å². The first kappa shape index (κ1) is 18.6. The molecule has 1 aromatic carbocycles. The molecule has 0 aliphatic carbocycles. The Morgan fingerprint density at radius 2 is 1.85 bits per heavy atom. The smallest absolute Gasteiger partial charge is 0.319 e. The lowest BCUT2D eigenvalue weighted by molar-refractivity contribution is 0.128. The summed E-state index contributed by atoms with van der Waals surface area (Å²) in [5.74, 6) is 0.438. The maximum atomic E-state index is 12.8. The molecule has 8 heteroatoms. The van der Waals surface area contributed by atoms with E-state index >= 15 is 0 Å². The van der Waals surface area contributed by atoms with Crippen LogP contribution in [0.2, 0.25) is 0 Å². The largest absolute Gasteiger partial charge is 0.474 e. The van der Waals surface area contributed by atoms with Gasteiger partial charge < -0.3 is 9.47 Å². The molecule has 140 valence electrons. The predicted molar refractivity (Wildman–Crippen MR) is 96.8 cm³/mol. The minimum absolute atomic E-state index is 0.0801. The van der Waals surface area contributed by atoms with Crippen molar-refractivity contribution in [2.24, 2.45) is 0 Å². The number of benzene rings is 1. The molecule has 7 nitrogen and oxygen atoms in total. The molecule has 3 rings (SSSR count). The van der Waals surface area contributed by atoms with Crippen molar-refractivity contribution in [1.29, 1.82) is 0 Å². The van der Waals surface area contributed by atoms with E-state index in [0.29, 0.717) is 36.7 Å². The SMILES string of the molecule is CCc1ccc(S(=O)(=O)N2CCC(Oc3ccnc(OC)n3)CC2)cc1. The Morgan fingerprint density at radius 3 is 2.46 bits per heavy atom. The third kappa shape index (κ3) is 4.13. The quantitative estimate of drug-likeness (QED) is 0.768. The summed E-state index contributed by atoms with van der Waals surface area (Å²) in [5, 5.41) is 0. The third-order valence-electron chi connectivity index (χ3n) is 4.45. The van der Waals surface area contributed by atoms with Crippen LogP contribution in [0.25, 0.3) is 0 Å². The second-order valence-electron chi connectivity index (χ2n) is 6.10. The monoisotopic (exact) mass is 377 g/mol. The number of sulfonamides is 1. The molecule has 1 aliphatic rings. The van der Waals surface area contributed by atoms with Gasteiger partial charge in [-0.25, -0.2) is 13.4 Å². The van der Waals surface area contributed by atoms with Gasteiger partial charge in [0.15, 0.2) is 0 Å². The summed E-state index contributed by atoms with van der Waals surface area (Å²) in [5.41, 5.74) is 1.12. The Bertz CT molecular complexity index is 832. The summed E-state index contributed by atoms with van der Waals surface area (Å²) in [6.45, 7) is 2.89. The van der Waals surface area contributed by atoms with Gasteiger partial charge in [-0.2, -0.15) is 9.29 Å². The fraction of sp³-hybridized carbons (Fsp3) is 0.444. The van der Waals surface area contributed by atoms with Gasteiger partial charge in [-0.15, -0.1) is 0 Å². The van der Waals surface area contributed by atoms with Gasteiger partial charge in [0.25, 0.3) is 0 Å².